The minimum absolute atomic E-state index is 0.232. The second-order valence-corrected chi connectivity index (χ2v) is 6.82. The van der Waals surface area contributed by atoms with Crippen LogP contribution in [-0.2, 0) is 22.4 Å². The van der Waals surface area contributed by atoms with Gasteiger partial charge in [-0.1, -0.05) is 6.07 Å². The van der Waals surface area contributed by atoms with Gasteiger partial charge in [-0.25, -0.2) is 4.79 Å². The number of hydrogen-bond acceptors (Lipinski definition) is 5. The first-order chi connectivity index (χ1) is 12.0. The smallest absolute Gasteiger partial charge is 0.338 e. The second kappa shape index (κ2) is 7.06. The van der Waals surface area contributed by atoms with E-state index < -0.39 is 23.9 Å². The monoisotopic (exact) mass is 358 g/mol. The maximum atomic E-state index is 12.3. The zero-order chi connectivity index (χ0) is 18.0. The Morgan fingerprint density at radius 2 is 1.96 bits per heavy atom. The average Bonchev–Trinajstić information content (AvgIpc) is 3.22. The standard InChI is InChI=1S/C18H18N2O4S/c1-10(16(22)20-17-14(15(19)21)7-8-25-17)24-18(23)13-6-5-11-3-2-4-12(11)9-13/h5-10H,2-4H2,1H3,(H2,19,21)(H,20,22)/t10-/m0/s1. The summed E-state index contributed by atoms with van der Waals surface area (Å²) in [7, 11) is 0. The van der Waals surface area contributed by atoms with Crippen LogP contribution >= 0.6 is 11.3 Å². The molecule has 0 saturated heterocycles. The molecular formula is C18H18N2O4S. The van der Waals surface area contributed by atoms with Gasteiger partial charge < -0.3 is 15.8 Å². The van der Waals surface area contributed by atoms with Gasteiger partial charge in [-0.2, -0.15) is 0 Å². The molecule has 0 spiro atoms. The molecule has 2 aromatic rings. The maximum absolute atomic E-state index is 12.3. The summed E-state index contributed by atoms with van der Waals surface area (Å²) in [6.45, 7) is 1.48. The molecule has 25 heavy (non-hydrogen) atoms. The van der Waals surface area contributed by atoms with E-state index in [-0.39, 0.29) is 5.56 Å². The summed E-state index contributed by atoms with van der Waals surface area (Å²) in [6, 6.07) is 7.03. The van der Waals surface area contributed by atoms with E-state index in [1.54, 1.807) is 11.4 Å². The minimum atomic E-state index is -0.997. The molecule has 1 aromatic heterocycles. The lowest BCUT2D eigenvalue weighted by molar-refractivity contribution is -0.123. The van der Waals surface area contributed by atoms with Crippen molar-refractivity contribution >= 4 is 34.1 Å². The van der Waals surface area contributed by atoms with Crippen molar-refractivity contribution in [2.24, 2.45) is 5.73 Å². The number of anilines is 1. The van der Waals surface area contributed by atoms with Gasteiger partial charge >= 0.3 is 5.97 Å². The van der Waals surface area contributed by atoms with Crippen LogP contribution in [0.25, 0.3) is 0 Å². The predicted molar refractivity (Wildman–Crippen MR) is 94.8 cm³/mol. The molecule has 0 aliphatic heterocycles. The quantitative estimate of drug-likeness (QED) is 0.802. The van der Waals surface area contributed by atoms with Crippen LogP contribution in [0.4, 0.5) is 5.00 Å². The highest BCUT2D eigenvalue weighted by Crippen LogP contribution is 2.24. The first-order valence-electron chi connectivity index (χ1n) is 7.96. The predicted octanol–water partition coefficient (Wildman–Crippen LogP) is 2.52. The SMILES string of the molecule is C[C@H](OC(=O)c1ccc2c(c1)CCC2)C(=O)Nc1sccc1C(N)=O. The molecule has 0 bridgehead atoms. The van der Waals surface area contributed by atoms with Crippen LogP contribution in [0.5, 0.6) is 0 Å². The topological polar surface area (TPSA) is 98.5 Å². The first kappa shape index (κ1) is 17.2. The number of carbonyl (C=O) groups excluding carboxylic acids is 3. The molecule has 1 aromatic carbocycles. The molecule has 0 radical (unpaired) electrons. The van der Waals surface area contributed by atoms with E-state index in [2.05, 4.69) is 5.32 Å². The Morgan fingerprint density at radius 1 is 1.20 bits per heavy atom. The van der Waals surface area contributed by atoms with E-state index in [1.165, 1.54) is 29.9 Å². The van der Waals surface area contributed by atoms with Gasteiger partial charge in [-0.15, -0.1) is 11.3 Å². The van der Waals surface area contributed by atoms with Crippen LogP contribution in [0, 0.1) is 0 Å². The molecule has 7 heteroatoms. The normalized spacial score (nSPS) is 13.8. The fourth-order valence-corrected chi connectivity index (χ4v) is 3.59. The maximum Gasteiger partial charge on any atom is 0.338 e. The zero-order valence-corrected chi connectivity index (χ0v) is 14.5. The molecular weight excluding hydrogens is 340 g/mol. The summed E-state index contributed by atoms with van der Waals surface area (Å²) in [4.78, 5) is 35.8. The molecule has 3 rings (SSSR count). The lowest BCUT2D eigenvalue weighted by atomic mass is 10.1. The van der Waals surface area contributed by atoms with E-state index in [1.807, 2.05) is 12.1 Å². The fourth-order valence-electron chi connectivity index (χ4n) is 2.79. The van der Waals surface area contributed by atoms with E-state index in [0.29, 0.717) is 10.6 Å². The highest BCUT2D eigenvalue weighted by molar-refractivity contribution is 7.14. The van der Waals surface area contributed by atoms with Gasteiger partial charge in [0.05, 0.1) is 11.1 Å². The van der Waals surface area contributed by atoms with Crippen LogP contribution in [0.2, 0.25) is 0 Å². The zero-order valence-electron chi connectivity index (χ0n) is 13.7. The van der Waals surface area contributed by atoms with Crippen LogP contribution in [0.3, 0.4) is 0 Å². The number of aryl methyl sites for hydroxylation is 2. The number of esters is 1. The lowest BCUT2D eigenvalue weighted by Crippen LogP contribution is -2.30. The molecule has 1 aliphatic rings. The van der Waals surface area contributed by atoms with Crippen molar-refractivity contribution in [3.05, 3.63) is 51.9 Å². The molecule has 1 atom stereocenters. The van der Waals surface area contributed by atoms with Crippen molar-refractivity contribution in [2.45, 2.75) is 32.3 Å². The molecule has 3 N–H and O–H groups in total. The Hall–Kier alpha value is -2.67. The van der Waals surface area contributed by atoms with Crippen LogP contribution < -0.4 is 11.1 Å². The third kappa shape index (κ3) is 3.71. The van der Waals surface area contributed by atoms with Gasteiger partial charge in [0.15, 0.2) is 6.10 Å². The summed E-state index contributed by atoms with van der Waals surface area (Å²) in [6.07, 6.45) is 2.09. The summed E-state index contributed by atoms with van der Waals surface area (Å²) < 4.78 is 5.24. The molecule has 6 nitrogen and oxygen atoms in total. The average molecular weight is 358 g/mol. The Kier molecular flexibility index (Phi) is 4.85. The Bertz CT molecular complexity index is 843. The molecule has 1 heterocycles. The third-order valence-corrected chi connectivity index (χ3v) is 4.98. The van der Waals surface area contributed by atoms with Gasteiger partial charge in [0.25, 0.3) is 11.8 Å². The summed E-state index contributed by atoms with van der Waals surface area (Å²) in [5, 5.41) is 4.57. The number of amides is 2. The summed E-state index contributed by atoms with van der Waals surface area (Å²) in [5.74, 6) is -1.68. The van der Waals surface area contributed by atoms with Crippen molar-refractivity contribution in [3.8, 4) is 0 Å². The summed E-state index contributed by atoms with van der Waals surface area (Å²) >= 11 is 1.18. The number of carbonyl (C=O) groups is 3. The highest BCUT2D eigenvalue weighted by atomic mass is 32.1. The number of benzene rings is 1. The number of ether oxygens (including phenoxy) is 1. The second-order valence-electron chi connectivity index (χ2n) is 5.90. The van der Waals surface area contributed by atoms with Gasteiger partial charge in [-0.3, -0.25) is 9.59 Å². The van der Waals surface area contributed by atoms with E-state index in [4.69, 9.17) is 10.5 Å². The minimum Gasteiger partial charge on any atom is -0.449 e. The van der Waals surface area contributed by atoms with Gasteiger partial charge in [-0.05, 0) is 60.9 Å². The van der Waals surface area contributed by atoms with Gasteiger partial charge in [0, 0.05) is 0 Å². The highest BCUT2D eigenvalue weighted by Gasteiger charge is 2.22. The fraction of sp³-hybridized carbons (Fsp3) is 0.278. The van der Waals surface area contributed by atoms with E-state index >= 15 is 0 Å². The van der Waals surface area contributed by atoms with Crippen LogP contribution in [0.15, 0.2) is 29.6 Å². The van der Waals surface area contributed by atoms with Crippen molar-refractivity contribution in [1.29, 1.82) is 0 Å². The molecule has 0 fully saturated rings. The van der Waals surface area contributed by atoms with Crippen molar-refractivity contribution in [2.75, 3.05) is 5.32 Å². The molecule has 0 unspecified atom stereocenters. The number of rotatable bonds is 5. The lowest BCUT2D eigenvalue weighted by Gasteiger charge is -2.14. The van der Waals surface area contributed by atoms with Crippen molar-refractivity contribution in [1.82, 2.24) is 0 Å². The number of nitrogens with two attached hydrogens (primary N) is 1. The number of nitrogens with one attached hydrogen (secondary N) is 1. The van der Waals surface area contributed by atoms with Crippen LogP contribution in [-0.4, -0.2) is 23.9 Å². The number of primary amides is 1. The molecule has 130 valence electrons. The Balaban J connectivity index is 1.64. The van der Waals surface area contributed by atoms with E-state index in [0.717, 1.165) is 24.8 Å². The number of hydrogen-bond donors (Lipinski definition) is 2. The number of fused-ring (bicyclic) bond motifs is 1. The third-order valence-electron chi connectivity index (χ3n) is 4.15. The molecule has 0 saturated carbocycles. The van der Waals surface area contributed by atoms with E-state index in [9.17, 15) is 14.4 Å². The summed E-state index contributed by atoms with van der Waals surface area (Å²) in [5.41, 5.74) is 8.34. The van der Waals surface area contributed by atoms with Gasteiger partial charge in [0.1, 0.15) is 5.00 Å². The van der Waals surface area contributed by atoms with Gasteiger partial charge in [0.2, 0.25) is 0 Å². The van der Waals surface area contributed by atoms with Crippen molar-refractivity contribution < 1.29 is 19.1 Å². The molecule has 1 aliphatic carbocycles. The largest absolute Gasteiger partial charge is 0.449 e. The number of thiophene rings is 1. The van der Waals surface area contributed by atoms with Crippen LogP contribution in [0.1, 0.15) is 45.2 Å². The Morgan fingerprint density at radius 3 is 2.72 bits per heavy atom. The Labute approximate surface area is 149 Å². The molecule has 2 amide bonds. The first-order valence-corrected chi connectivity index (χ1v) is 8.84. The van der Waals surface area contributed by atoms with Crippen molar-refractivity contribution in [3.63, 3.8) is 0 Å².